The van der Waals surface area contributed by atoms with Crippen LogP contribution in [0.4, 0.5) is 8.78 Å². The van der Waals surface area contributed by atoms with E-state index in [1.165, 1.54) is 31.4 Å². The van der Waals surface area contributed by atoms with E-state index in [0.717, 1.165) is 0 Å². The summed E-state index contributed by atoms with van der Waals surface area (Å²) >= 11 is 0. The van der Waals surface area contributed by atoms with Crippen LogP contribution in [0.2, 0.25) is 0 Å². The molecule has 2 aromatic carbocycles. The first-order valence-corrected chi connectivity index (χ1v) is 6.36. The maximum absolute atomic E-state index is 14.0. The Morgan fingerprint density at radius 1 is 1.10 bits per heavy atom. The van der Waals surface area contributed by atoms with E-state index < -0.39 is 11.9 Å². The average molecular weight is 289 g/mol. The Hall–Kier alpha value is -2.40. The smallest absolute Gasteiger partial charge is 0.134 e. The minimum absolute atomic E-state index is 0.287. The normalized spacial score (nSPS) is 12.6. The highest BCUT2D eigenvalue weighted by Gasteiger charge is 2.18. The molecule has 1 unspecified atom stereocenters. The maximum Gasteiger partial charge on any atom is 0.134 e. The van der Waals surface area contributed by atoms with Gasteiger partial charge in [0.2, 0.25) is 0 Å². The average Bonchev–Trinajstić information content (AvgIpc) is 2.89. The third-order valence-electron chi connectivity index (χ3n) is 3.35. The zero-order valence-electron chi connectivity index (χ0n) is 11.3. The lowest BCUT2D eigenvalue weighted by atomic mass is 10.0. The lowest BCUT2D eigenvalue weighted by Crippen LogP contribution is -2.12. The van der Waals surface area contributed by atoms with Crippen LogP contribution in [0.15, 0.2) is 46.9 Å². The minimum Gasteiger partial charge on any atom is -0.497 e. The summed E-state index contributed by atoms with van der Waals surface area (Å²) < 4.78 is 37.7. The first kappa shape index (κ1) is 13.6. The number of nitrogens with two attached hydrogens (primary N) is 1. The van der Waals surface area contributed by atoms with Gasteiger partial charge in [-0.3, -0.25) is 0 Å². The topological polar surface area (TPSA) is 48.4 Å². The maximum atomic E-state index is 14.0. The van der Waals surface area contributed by atoms with Crippen molar-refractivity contribution in [1.82, 2.24) is 0 Å². The summed E-state index contributed by atoms with van der Waals surface area (Å²) in [6.07, 6.45) is 0. The summed E-state index contributed by atoms with van der Waals surface area (Å²) in [6.45, 7) is 0. The second-order valence-corrected chi connectivity index (χ2v) is 4.70. The molecular formula is C16H13F2NO2. The minimum atomic E-state index is -0.772. The van der Waals surface area contributed by atoms with Crippen molar-refractivity contribution in [1.29, 1.82) is 0 Å². The van der Waals surface area contributed by atoms with Gasteiger partial charge in [-0.25, -0.2) is 8.78 Å². The fourth-order valence-corrected chi connectivity index (χ4v) is 2.23. The van der Waals surface area contributed by atoms with Crippen LogP contribution in [0, 0.1) is 11.6 Å². The van der Waals surface area contributed by atoms with Crippen LogP contribution >= 0.6 is 0 Å². The van der Waals surface area contributed by atoms with Gasteiger partial charge < -0.3 is 14.9 Å². The van der Waals surface area contributed by atoms with Crippen LogP contribution < -0.4 is 10.5 Å². The van der Waals surface area contributed by atoms with Gasteiger partial charge in [0.1, 0.15) is 28.7 Å². The van der Waals surface area contributed by atoms with Gasteiger partial charge in [0.15, 0.2) is 0 Å². The van der Waals surface area contributed by atoms with Crippen molar-refractivity contribution in [3.63, 3.8) is 0 Å². The molecule has 0 spiro atoms. The van der Waals surface area contributed by atoms with E-state index in [1.54, 1.807) is 18.2 Å². The van der Waals surface area contributed by atoms with Crippen LogP contribution in [0.25, 0.3) is 11.0 Å². The number of hydrogen-bond acceptors (Lipinski definition) is 3. The molecule has 5 heteroatoms. The van der Waals surface area contributed by atoms with Crippen LogP contribution in [0.3, 0.4) is 0 Å². The van der Waals surface area contributed by atoms with E-state index in [2.05, 4.69) is 0 Å². The van der Waals surface area contributed by atoms with Gasteiger partial charge in [0, 0.05) is 17.0 Å². The first-order valence-electron chi connectivity index (χ1n) is 6.36. The number of halogens is 2. The second kappa shape index (κ2) is 5.18. The Bertz CT molecular complexity index is 798. The van der Waals surface area contributed by atoms with E-state index in [4.69, 9.17) is 14.9 Å². The van der Waals surface area contributed by atoms with Gasteiger partial charge in [-0.1, -0.05) is 6.07 Å². The molecule has 21 heavy (non-hydrogen) atoms. The van der Waals surface area contributed by atoms with E-state index in [-0.39, 0.29) is 11.4 Å². The molecule has 0 fully saturated rings. The molecule has 2 N–H and O–H groups in total. The molecular weight excluding hydrogens is 276 g/mol. The zero-order chi connectivity index (χ0) is 15.0. The van der Waals surface area contributed by atoms with Crippen molar-refractivity contribution in [3.8, 4) is 5.75 Å². The molecule has 1 heterocycles. The summed E-state index contributed by atoms with van der Waals surface area (Å²) in [6, 6.07) is 9.45. The molecule has 0 radical (unpaired) electrons. The lowest BCUT2D eigenvalue weighted by molar-refractivity contribution is 0.410. The van der Waals surface area contributed by atoms with Gasteiger partial charge in [-0.15, -0.1) is 0 Å². The summed E-state index contributed by atoms with van der Waals surface area (Å²) in [4.78, 5) is 0. The van der Waals surface area contributed by atoms with Gasteiger partial charge >= 0.3 is 0 Å². The number of hydrogen-bond donors (Lipinski definition) is 1. The third-order valence-corrected chi connectivity index (χ3v) is 3.35. The van der Waals surface area contributed by atoms with Crippen LogP contribution in [0.1, 0.15) is 17.4 Å². The first-order chi connectivity index (χ1) is 10.1. The Morgan fingerprint density at radius 2 is 1.90 bits per heavy atom. The van der Waals surface area contributed by atoms with E-state index in [0.29, 0.717) is 22.5 Å². The number of rotatable bonds is 3. The Labute approximate surface area is 119 Å². The number of methoxy groups -OCH3 is 1. The number of furan rings is 1. The molecule has 0 saturated heterocycles. The molecule has 0 saturated carbocycles. The predicted octanol–water partition coefficient (Wildman–Crippen LogP) is 3.77. The van der Waals surface area contributed by atoms with E-state index >= 15 is 0 Å². The van der Waals surface area contributed by atoms with Crippen molar-refractivity contribution in [2.45, 2.75) is 6.04 Å². The molecule has 3 aromatic rings. The van der Waals surface area contributed by atoms with Gasteiger partial charge in [0.05, 0.1) is 13.2 Å². The molecule has 108 valence electrons. The van der Waals surface area contributed by atoms with Gasteiger partial charge in [0.25, 0.3) is 0 Å². The fraction of sp³-hybridized carbons (Fsp3) is 0.125. The van der Waals surface area contributed by atoms with Crippen LogP contribution in [-0.2, 0) is 0 Å². The Kier molecular flexibility index (Phi) is 3.35. The molecule has 1 atom stereocenters. The quantitative estimate of drug-likeness (QED) is 0.798. The summed E-state index contributed by atoms with van der Waals surface area (Å²) in [7, 11) is 1.46. The third kappa shape index (κ3) is 2.48. The fourth-order valence-electron chi connectivity index (χ4n) is 2.23. The van der Waals surface area contributed by atoms with E-state index in [9.17, 15) is 8.78 Å². The van der Waals surface area contributed by atoms with Crippen molar-refractivity contribution in [3.05, 3.63) is 65.4 Å². The Morgan fingerprint density at radius 3 is 2.62 bits per heavy atom. The SMILES string of the molecule is COc1ccc(C(N)c2cc3cc(F)ccc3o2)c(F)c1. The summed E-state index contributed by atoms with van der Waals surface area (Å²) in [5, 5.41) is 0.592. The molecule has 1 aromatic heterocycles. The van der Waals surface area contributed by atoms with Gasteiger partial charge in [-0.2, -0.15) is 0 Å². The molecule has 0 bridgehead atoms. The molecule has 0 aliphatic carbocycles. The second-order valence-electron chi connectivity index (χ2n) is 4.70. The molecule has 0 amide bonds. The predicted molar refractivity (Wildman–Crippen MR) is 75.2 cm³/mol. The van der Waals surface area contributed by atoms with Gasteiger partial charge in [-0.05, 0) is 30.3 Å². The standard InChI is InChI=1S/C16H13F2NO2/c1-20-11-3-4-12(13(18)8-11)16(19)15-7-9-6-10(17)2-5-14(9)21-15/h2-8,16H,19H2,1H3. The number of fused-ring (bicyclic) bond motifs is 1. The molecule has 0 aliphatic heterocycles. The molecule has 3 rings (SSSR count). The lowest BCUT2D eigenvalue weighted by Gasteiger charge is -2.11. The summed E-state index contributed by atoms with van der Waals surface area (Å²) in [5.74, 6) is -0.0534. The van der Waals surface area contributed by atoms with Crippen LogP contribution in [-0.4, -0.2) is 7.11 Å². The number of benzene rings is 2. The highest BCUT2D eigenvalue weighted by molar-refractivity contribution is 5.78. The largest absolute Gasteiger partial charge is 0.497 e. The zero-order valence-corrected chi connectivity index (χ0v) is 11.3. The van der Waals surface area contributed by atoms with Crippen molar-refractivity contribution >= 4 is 11.0 Å². The van der Waals surface area contributed by atoms with Crippen molar-refractivity contribution < 1.29 is 17.9 Å². The monoisotopic (exact) mass is 289 g/mol. The molecule has 3 nitrogen and oxygen atoms in total. The van der Waals surface area contributed by atoms with E-state index in [1.807, 2.05) is 0 Å². The molecule has 0 aliphatic rings. The van der Waals surface area contributed by atoms with Crippen LogP contribution in [0.5, 0.6) is 5.75 Å². The highest BCUT2D eigenvalue weighted by Crippen LogP contribution is 2.29. The van der Waals surface area contributed by atoms with Crippen molar-refractivity contribution in [2.24, 2.45) is 5.73 Å². The summed E-state index contributed by atoms with van der Waals surface area (Å²) in [5.41, 5.74) is 6.84. The Balaban J connectivity index is 2.01. The number of ether oxygens (including phenoxy) is 1. The van der Waals surface area contributed by atoms with Crippen molar-refractivity contribution in [2.75, 3.05) is 7.11 Å². The highest BCUT2D eigenvalue weighted by atomic mass is 19.1.